The summed E-state index contributed by atoms with van der Waals surface area (Å²) >= 11 is 0. The summed E-state index contributed by atoms with van der Waals surface area (Å²) in [5, 5.41) is 12.2. The lowest BCUT2D eigenvalue weighted by molar-refractivity contribution is 0.0520. The lowest BCUT2D eigenvalue weighted by Crippen LogP contribution is -2.32. The maximum absolute atomic E-state index is 12.0. The van der Waals surface area contributed by atoms with Crippen LogP contribution in [-0.2, 0) is 16.7 Å². The second-order valence-electron chi connectivity index (χ2n) is 9.11. The molecule has 6 heteroatoms. The van der Waals surface area contributed by atoms with Gasteiger partial charge in [0.2, 0.25) is 0 Å². The van der Waals surface area contributed by atoms with Gasteiger partial charge in [0.25, 0.3) is 0 Å². The fourth-order valence-corrected chi connectivity index (χ4v) is 2.94. The van der Waals surface area contributed by atoms with Crippen molar-refractivity contribution in [3.8, 4) is 11.3 Å². The van der Waals surface area contributed by atoms with Crippen LogP contribution in [0.4, 0.5) is 4.79 Å². The molecule has 0 aliphatic heterocycles. The van der Waals surface area contributed by atoms with Gasteiger partial charge in [-0.2, -0.15) is 0 Å². The molecule has 29 heavy (non-hydrogen) atoms. The van der Waals surface area contributed by atoms with E-state index >= 15 is 0 Å². The highest BCUT2D eigenvalue weighted by Gasteiger charge is 2.20. The van der Waals surface area contributed by atoms with Crippen LogP contribution in [-0.4, -0.2) is 27.8 Å². The van der Waals surface area contributed by atoms with E-state index in [0.717, 1.165) is 5.56 Å². The third kappa shape index (κ3) is 6.04. The number of ether oxygens (including phenoxy) is 1. The van der Waals surface area contributed by atoms with Gasteiger partial charge in [0.15, 0.2) is 0 Å². The minimum Gasteiger partial charge on any atom is -0.478 e. The summed E-state index contributed by atoms with van der Waals surface area (Å²) in [6.07, 6.45) is -0.598. The number of carboxylic acids is 1. The van der Waals surface area contributed by atoms with Crippen LogP contribution in [0.2, 0.25) is 0 Å². The number of rotatable bonds is 4. The Morgan fingerprint density at radius 1 is 1.07 bits per heavy atom. The molecule has 0 saturated carbocycles. The molecule has 2 rings (SSSR count). The van der Waals surface area contributed by atoms with Crippen LogP contribution in [0.25, 0.3) is 11.3 Å². The molecule has 2 aromatic rings. The summed E-state index contributed by atoms with van der Waals surface area (Å²) in [5.41, 5.74) is 3.13. The number of carboxylic acid groups (broad SMARTS) is 1. The zero-order valence-electron chi connectivity index (χ0n) is 18.2. The Hall–Kier alpha value is -2.89. The first kappa shape index (κ1) is 22.4. The van der Waals surface area contributed by atoms with Crippen molar-refractivity contribution in [3.63, 3.8) is 0 Å². The van der Waals surface area contributed by atoms with E-state index in [2.05, 4.69) is 43.2 Å². The normalized spacial score (nSPS) is 11.8. The van der Waals surface area contributed by atoms with Crippen molar-refractivity contribution in [1.82, 2.24) is 10.3 Å². The number of aromatic carboxylic acids is 1. The molecule has 156 valence electrons. The van der Waals surface area contributed by atoms with Gasteiger partial charge < -0.3 is 15.2 Å². The average molecular weight is 399 g/mol. The third-order valence-electron chi connectivity index (χ3n) is 4.36. The number of nitrogens with one attached hydrogen (secondary N) is 1. The number of pyridine rings is 1. The van der Waals surface area contributed by atoms with E-state index in [1.54, 1.807) is 33.8 Å². The molecule has 0 aliphatic rings. The minimum atomic E-state index is -1.08. The van der Waals surface area contributed by atoms with E-state index < -0.39 is 17.7 Å². The molecule has 2 N–H and O–H groups in total. The molecule has 0 fully saturated rings. The number of hydrogen-bond donors (Lipinski definition) is 2. The minimum absolute atomic E-state index is 0.0347. The molecule has 6 nitrogen and oxygen atoms in total. The molecule has 1 aromatic carbocycles. The summed E-state index contributed by atoms with van der Waals surface area (Å²) in [6.45, 7) is 13.4. The number of carbonyl (C=O) groups excluding carboxylic acids is 1. The molecule has 1 heterocycles. The summed E-state index contributed by atoms with van der Waals surface area (Å²) in [5.74, 6) is -1.08. The second kappa shape index (κ2) is 8.23. The van der Waals surface area contributed by atoms with Crippen LogP contribution in [0, 0.1) is 6.92 Å². The van der Waals surface area contributed by atoms with Gasteiger partial charge >= 0.3 is 12.1 Å². The molecule has 0 radical (unpaired) electrons. The molecule has 1 aromatic heterocycles. The summed E-state index contributed by atoms with van der Waals surface area (Å²) in [7, 11) is 0. The van der Waals surface area contributed by atoms with Crippen LogP contribution in [0.3, 0.4) is 0 Å². The number of alkyl carbamates (subject to hydrolysis) is 1. The Morgan fingerprint density at radius 3 is 2.14 bits per heavy atom. The summed E-state index contributed by atoms with van der Waals surface area (Å²) < 4.78 is 5.24. The van der Waals surface area contributed by atoms with E-state index in [4.69, 9.17) is 4.74 Å². The van der Waals surface area contributed by atoms with Gasteiger partial charge in [-0.05, 0) is 50.3 Å². The number of amides is 1. The van der Waals surface area contributed by atoms with Crippen molar-refractivity contribution in [2.75, 3.05) is 0 Å². The van der Waals surface area contributed by atoms with Crippen molar-refractivity contribution >= 4 is 12.1 Å². The Morgan fingerprint density at radius 2 is 1.66 bits per heavy atom. The number of carbonyl (C=O) groups is 2. The van der Waals surface area contributed by atoms with Gasteiger partial charge in [0.1, 0.15) is 5.60 Å². The Balaban J connectivity index is 2.36. The first-order valence-corrected chi connectivity index (χ1v) is 9.59. The van der Waals surface area contributed by atoms with Gasteiger partial charge in [-0.3, -0.25) is 4.98 Å². The maximum Gasteiger partial charge on any atom is 0.407 e. The summed E-state index contributed by atoms with van der Waals surface area (Å²) in [6, 6.07) is 9.77. The molecule has 0 aliphatic carbocycles. The zero-order valence-corrected chi connectivity index (χ0v) is 18.2. The molecule has 0 atom stereocenters. The number of hydrogen-bond acceptors (Lipinski definition) is 4. The smallest absolute Gasteiger partial charge is 0.407 e. The number of aryl methyl sites for hydroxylation is 1. The van der Waals surface area contributed by atoms with Crippen LogP contribution >= 0.6 is 0 Å². The van der Waals surface area contributed by atoms with E-state index in [0.29, 0.717) is 17.0 Å². The SMILES string of the molecule is Cc1nc(-c2ccc(C(C)(C)C)cc2)cc(CNC(=O)OC(C)(C)C)c1C(=O)O. The highest BCUT2D eigenvalue weighted by molar-refractivity contribution is 5.91. The van der Waals surface area contributed by atoms with E-state index in [1.165, 1.54) is 5.56 Å². The maximum atomic E-state index is 12.0. The van der Waals surface area contributed by atoms with Gasteiger partial charge in [-0.25, -0.2) is 9.59 Å². The Labute approximate surface area is 172 Å². The van der Waals surface area contributed by atoms with Gasteiger partial charge in [0, 0.05) is 12.1 Å². The molecular formula is C23H30N2O4. The van der Waals surface area contributed by atoms with Crippen molar-refractivity contribution in [1.29, 1.82) is 0 Å². The molecule has 0 unspecified atom stereocenters. The van der Waals surface area contributed by atoms with Gasteiger partial charge in [-0.1, -0.05) is 45.0 Å². The van der Waals surface area contributed by atoms with Crippen LogP contribution in [0.1, 0.15) is 68.7 Å². The summed E-state index contributed by atoms with van der Waals surface area (Å²) in [4.78, 5) is 28.2. The molecule has 0 spiro atoms. The quantitative estimate of drug-likeness (QED) is 0.750. The monoisotopic (exact) mass is 398 g/mol. The van der Waals surface area contributed by atoms with Crippen molar-refractivity contribution in [3.05, 3.63) is 52.7 Å². The molecular weight excluding hydrogens is 368 g/mol. The van der Waals surface area contributed by atoms with Crippen molar-refractivity contribution in [2.24, 2.45) is 0 Å². The molecule has 1 amide bonds. The molecule has 0 saturated heterocycles. The second-order valence-corrected chi connectivity index (χ2v) is 9.11. The predicted molar refractivity (Wildman–Crippen MR) is 113 cm³/mol. The topological polar surface area (TPSA) is 88.5 Å². The number of nitrogens with zero attached hydrogens (tertiary/aromatic N) is 1. The Kier molecular flexibility index (Phi) is 6.36. The largest absolute Gasteiger partial charge is 0.478 e. The van der Waals surface area contributed by atoms with Crippen LogP contribution < -0.4 is 5.32 Å². The van der Waals surface area contributed by atoms with Crippen molar-refractivity contribution in [2.45, 2.75) is 66.0 Å². The molecule has 0 bridgehead atoms. The van der Waals surface area contributed by atoms with Crippen molar-refractivity contribution < 1.29 is 19.4 Å². The third-order valence-corrected chi connectivity index (χ3v) is 4.36. The fraction of sp³-hybridized carbons (Fsp3) is 0.435. The van der Waals surface area contributed by atoms with E-state index in [1.807, 2.05) is 12.1 Å². The fourth-order valence-electron chi connectivity index (χ4n) is 2.94. The zero-order chi connectivity index (χ0) is 22.0. The van der Waals surface area contributed by atoms with E-state index in [-0.39, 0.29) is 17.5 Å². The lowest BCUT2D eigenvalue weighted by atomic mass is 9.86. The average Bonchev–Trinajstić information content (AvgIpc) is 2.57. The van der Waals surface area contributed by atoms with Gasteiger partial charge in [-0.15, -0.1) is 0 Å². The van der Waals surface area contributed by atoms with E-state index in [9.17, 15) is 14.7 Å². The standard InChI is InChI=1S/C23H30N2O4/c1-14-19(20(26)27)16(13-24-21(28)29-23(5,6)7)12-18(25-14)15-8-10-17(11-9-15)22(2,3)4/h8-12H,13H2,1-7H3,(H,24,28)(H,26,27). The van der Waals surface area contributed by atoms with Gasteiger partial charge in [0.05, 0.1) is 17.0 Å². The van der Waals surface area contributed by atoms with Crippen LogP contribution in [0.5, 0.6) is 0 Å². The number of benzene rings is 1. The highest BCUT2D eigenvalue weighted by Crippen LogP contribution is 2.27. The Bertz CT molecular complexity index is 904. The van der Waals surface area contributed by atoms with Crippen LogP contribution in [0.15, 0.2) is 30.3 Å². The highest BCUT2D eigenvalue weighted by atomic mass is 16.6. The first-order valence-electron chi connectivity index (χ1n) is 9.59. The predicted octanol–water partition coefficient (Wildman–Crippen LogP) is 5.08. The first-order chi connectivity index (χ1) is 13.3. The lowest BCUT2D eigenvalue weighted by Gasteiger charge is -2.20. The number of aromatic nitrogens is 1.